The van der Waals surface area contributed by atoms with Gasteiger partial charge in [-0.2, -0.15) is 0 Å². The summed E-state index contributed by atoms with van der Waals surface area (Å²) < 4.78 is 39.1. The zero-order valence-electron chi connectivity index (χ0n) is 14.3. The summed E-state index contributed by atoms with van der Waals surface area (Å²) in [5, 5.41) is 9.86. The zero-order valence-corrected chi connectivity index (χ0v) is 14.3. The molecule has 0 aliphatic rings. The molecule has 7 heteroatoms. The number of aromatic nitrogens is 1. The van der Waals surface area contributed by atoms with E-state index in [1.165, 1.54) is 12.3 Å². The molecule has 5 nitrogen and oxygen atoms in total. The van der Waals surface area contributed by atoms with Crippen LogP contribution in [0.2, 0.25) is 0 Å². The van der Waals surface area contributed by atoms with Crippen LogP contribution in [0.1, 0.15) is 13.8 Å². The van der Waals surface area contributed by atoms with Crippen LogP contribution in [-0.4, -0.2) is 22.3 Å². The van der Waals surface area contributed by atoms with Gasteiger partial charge in [0.15, 0.2) is 17.4 Å². The van der Waals surface area contributed by atoms with Crippen molar-refractivity contribution in [2.45, 2.75) is 19.4 Å². The second-order valence-electron chi connectivity index (χ2n) is 6.42. The molecule has 0 spiro atoms. The fourth-order valence-corrected chi connectivity index (χ4v) is 2.39. The molecule has 3 aromatic rings. The van der Waals surface area contributed by atoms with E-state index in [0.29, 0.717) is 16.7 Å². The predicted octanol–water partition coefficient (Wildman–Crippen LogP) is 4.04. The number of aliphatic hydroxyl groups is 1. The number of rotatable bonds is 5. The zero-order chi connectivity index (χ0) is 18.9. The van der Waals surface area contributed by atoms with Gasteiger partial charge in [0, 0.05) is 35.5 Å². The Hall–Kier alpha value is -2.93. The third-order valence-corrected chi connectivity index (χ3v) is 3.68. The largest absolute Gasteiger partial charge is 0.485 e. The van der Waals surface area contributed by atoms with Crippen molar-refractivity contribution in [1.29, 1.82) is 0 Å². The molecule has 0 amide bonds. The molecule has 0 aliphatic heterocycles. The van der Waals surface area contributed by atoms with Crippen LogP contribution in [0.25, 0.3) is 10.9 Å². The molecule has 1 aromatic heterocycles. The first-order valence-corrected chi connectivity index (χ1v) is 7.90. The molecule has 2 aromatic carbocycles. The minimum Gasteiger partial charge on any atom is -0.485 e. The summed E-state index contributed by atoms with van der Waals surface area (Å²) in [5.74, 6) is -1.57. The van der Waals surface area contributed by atoms with Gasteiger partial charge in [-0.3, -0.25) is 4.98 Å². The maximum Gasteiger partial charge on any atom is 0.198 e. The van der Waals surface area contributed by atoms with Crippen LogP contribution in [-0.2, 0) is 0 Å². The Bertz CT molecular complexity index is 938. The maximum absolute atomic E-state index is 14.0. The highest BCUT2D eigenvalue weighted by molar-refractivity contribution is 5.86. The number of nitrogen functional groups attached to an aromatic ring is 1. The standard InChI is InChI=1S/C19H18F2N2O3/c1-19(2,10-24)26-12-3-4-13-16(9-12)23-6-5-17(13)25-18-14(20)7-11(22)8-15(18)21/h3-9,24H,10,22H2,1-2H3. The summed E-state index contributed by atoms with van der Waals surface area (Å²) in [7, 11) is 0. The lowest BCUT2D eigenvalue weighted by Gasteiger charge is -2.24. The number of hydrogen-bond acceptors (Lipinski definition) is 5. The lowest BCUT2D eigenvalue weighted by Crippen LogP contribution is -2.32. The number of benzene rings is 2. The minimum atomic E-state index is -0.892. The molecule has 0 aliphatic carbocycles. The first kappa shape index (κ1) is 17.9. The molecular weight excluding hydrogens is 342 g/mol. The van der Waals surface area contributed by atoms with Crippen LogP contribution >= 0.6 is 0 Å². The second-order valence-corrected chi connectivity index (χ2v) is 6.42. The third-order valence-electron chi connectivity index (χ3n) is 3.68. The number of ether oxygens (including phenoxy) is 2. The quantitative estimate of drug-likeness (QED) is 0.672. The van der Waals surface area contributed by atoms with E-state index in [1.54, 1.807) is 32.0 Å². The number of pyridine rings is 1. The van der Waals surface area contributed by atoms with Crippen molar-refractivity contribution in [1.82, 2.24) is 4.98 Å². The average Bonchev–Trinajstić information content (AvgIpc) is 2.57. The van der Waals surface area contributed by atoms with Crippen LogP contribution in [0.15, 0.2) is 42.6 Å². The van der Waals surface area contributed by atoms with Crippen molar-refractivity contribution in [3.63, 3.8) is 0 Å². The van der Waals surface area contributed by atoms with E-state index in [0.717, 1.165) is 12.1 Å². The van der Waals surface area contributed by atoms with Crippen molar-refractivity contribution in [3.8, 4) is 17.2 Å². The van der Waals surface area contributed by atoms with Crippen molar-refractivity contribution >= 4 is 16.6 Å². The summed E-state index contributed by atoms with van der Waals surface area (Å²) in [5.41, 5.74) is 5.15. The highest BCUT2D eigenvalue weighted by Gasteiger charge is 2.19. The van der Waals surface area contributed by atoms with Crippen LogP contribution in [0.3, 0.4) is 0 Å². The Morgan fingerprint density at radius 3 is 2.46 bits per heavy atom. The van der Waals surface area contributed by atoms with E-state index in [2.05, 4.69) is 4.98 Å². The average molecular weight is 360 g/mol. The molecule has 136 valence electrons. The minimum absolute atomic E-state index is 0.0276. The van der Waals surface area contributed by atoms with Gasteiger partial charge in [0.05, 0.1) is 12.1 Å². The summed E-state index contributed by atoms with van der Waals surface area (Å²) in [6.07, 6.45) is 1.46. The first-order chi connectivity index (χ1) is 12.3. The molecule has 0 fully saturated rings. The van der Waals surface area contributed by atoms with Crippen LogP contribution in [0, 0.1) is 11.6 Å². The Morgan fingerprint density at radius 2 is 1.81 bits per heavy atom. The van der Waals surface area contributed by atoms with Gasteiger partial charge in [0.2, 0.25) is 0 Å². The molecule has 0 unspecified atom stereocenters. The van der Waals surface area contributed by atoms with E-state index >= 15 is 0 Å². The molecule has 3 rings (SSSR count). The number of nitrogens with zero attached hydrogens (tertiary/aromatic N) is 1. The van der Waals surface area contributed by atoms with Crippen molar-refractivity contribution in [3.05, 3.63) is 54.2 Å². The lowest BCUT2D eigenvalue weighted by molar-refractivity contribution is 0.0414. The van der Waals surface area contributed by atoms with Gasteiger partial charge in [0.1, 0.15) is 17.1 Å². The van der Waals surface area contributed by atoms with Crippen molar-refractivity contribution in [2.75, 3.05) is 12.3 Å². The molecule has 3 N–H and O–H groups in total. The van der Waals surface area contributed by atoms with Gasteiger partial charge in [-0.15, -0.1) is 0 Å². The monoisotopic (exact) mass is 360 g/mol. The van der Waals surface area contributed by atoms with E-state index < -0.39 is 23.0 Å². The summed E-state index contributed by atoms with van der Waals surface area (Å²) in [6.45, 7) is 3.34. The number of hydrogen-bond donors (Lipinski definition) is 2. The topological polar surface area (TPSA) is 77.6 Å². The maximum atomic E-state index is 14.0. The predicted molar refractivity (Wildman–Crippen MR) is 94.4 cm³/mol. The lowest BCUT2D eigenvalue weighted by atomic mass is 10.1. The number of halogens is 2. The Labute approximate surface area is 149 Å². The summed E-state index contributed by atoms with van der Waals surface area (Å²) in [4.78, 5) is 4.23. The number of anilines is 1. The van der Waals surface area contributed by atoms with Crippen LogP contribution < -0.4 is 15.2 Å². The third kappa shape index (κ3) is 3.67. The number of fused-ring (bicyclic) bond motifs is 1. The van der Waals surface area contributed by atoms with Gasteiger partial charge >= 0.3 is 0 Å². The first-order valence-electron chi connectivity index (χ1n) is 7.90. The fraction of sp³-hybridized carbons (Fsp3) is 0.211. The van der Waals surface area contributed by atoms with Gasteiger partial charge in [0.25, 0.3) is 0 Å². The normalized spacial score (nSPS) is 11.6. The SMILES string of the molecule is CC(C)(CO)Oc1ccc2c(Oc3c(F)cc(N)cc3F)ccnc2c1. The molecular formula is C19H18F2N2O3. The van der Waals surface area contributed by atoms with Gasteiger partial charge in [-0.05, 0) is 32.0 Å². The van der Waals surface area contributed by atoms with E-state index in [1.807, 2.05) is 0 Å². The van der Waals surface area contributed by atoms with Gasteiger partial charge < -0.3 is 20.3 Å². The van der Waals surface area contributed by atoms with E-state index in [-0.39, 0.29) is 18.0 Å². The van der Waals surface area contributed by atoms with Gasteiger partial charge in [-0.1, -0.05) is 0 Å². The molecule has 0 saturated heterocycles. The Kier molecular flexibility index (Phi) is 4.65. The molecule has 0 radical (unpaired) electrons. The summed E-state index contributed by atoms with van der Waals surface area (Å²) >= 11 is 0. The fourth-order valence-electron chi connectivity index (χ4n) is 2.39. The van der Waals surface area contributed by atoms with Crippen LogP contribution in [0.5, 0.6) is 17.2 Å². The highest BCUT2D eigenvalue weighted by Crippen LogP contribution is 2.34. The number of aliphatic hydroxyl groups excluding tert-OH is 1. The molecule has 0 atom stereocenters. The molecule has 1 heterocycles. The molecule has 0 saturated carbocycles. The highest BCUT2D eigenvalue weighted by atomic mass is 19.1. The Balaban J connectivity index is 1.98. The summed E-state index contributed by atoms with van der Waals surface area (Å²) in [6, 6.07) is 8.50. The van der Waals surface area contributed by atoms with Crippen LogP contribution in [0.4, 0.5) is 14.5 Å². The van der Waals surface area contributed by atoms with Crippen molar-refractivity contribution < 1.29 is 23.4 Å². The molecule has 0 bridgehead atoms. The second kappa shape index (κ2) is 6.76. The molecule has 26 heavy (non-hydrogen) atoms. The van der Waals surface area contributed by atoms with Gasteiger partial charge in [-0.25, -0.2) is 8.78 Å². The Morgan fingerprint density at radius 1 is 1.12 bits per heavy atom. The smallest absolute Gasteiger partial charge is 0.198 e. The van der Waals surface area contributed by atoms with Crippen molar-refractivity contribution in [2.24, 2.45) is 0 Å². The van der Waals surface area contributed by atoms with E-state index in [9.17, 15) is 13.9 Å². The number of nitrogens with two attached hydrogens (primary N) is 1. The van der Waals surface area contributed by atoms with E-state index in [4.69, 9.17) is 15.2 Å².